The number of benzene rings is 1. The van der Waals surface area contributed by atoms with Crippen molar-refractivity contribution in [2.24, 2.45) is 0 Å². The lowest BCUT2D eigenvalue weighted by atomic mass is 10.1. The Morgan fingerprint density at radius 2 is 2.00 bits per heavy atom. The Balaban J connectivity index is 2.15. The predicted molar refractivity (Wildman–Crippen MR) is 74.2 cm³/mol. The number of thioether (sulfide) groups is 1. The van der Waals surface area contributed by atoms with Crippen molar-refractivity contribution >= 4 is 29.0 Å². The number of carbonyl (C=O) groups is 2. The molecular formula is C14H13NO2S. The highest BCUT2D eigenvalue weighted by Crippen LogP contribution is 2.17. The molecule has 4 heteroatoms. The van der Waals surface area contributed by atoms with E-state index in [0.717, 1.165) is 22.9 Å². The van der Waals surface area contributed by atoms with E-state index in [-0.39, 0.29) is 11.1 Å². The lowest BCUT2D eigenvalue weighted by Crippen LogP contribution is -2.34. The number of amides is 2. The molecule has 1 N–H and O–H groups in total. The molecule has 1 saturated heterocycles. The zero-order chi connectivity index (χ0) is 13.0. The third kappa shape index (κ3) is 3.34. The van der Waals surface area contributed by atoms with Crippen LogP contribution in [0.4, 0.5) is 4.79 Å². The summed E-state index contributed by atoms with van der Waals surface area (Å²) in [7, 11) is 0. The van der Waals surface area contributed by atoms with Crippen molar-refractivity contribution in [3.8, 4) is 0 Å². The van der Waals surface area contributed by atoms with Gasteiger partial charge in [-0.05, 0) is 18.6 Å². The highest BCUT2D eigenvalue weighted by molar-refractivity contribution is 8.13. The summed E-state index contributed by atoms with van der Waals surface area (Å²) in [5, 5.41) is 2.01. The number of nitrogens with one attached hydrogen (secondary N) is 1. The van der Waals surface area contributed by atoms with Crippen molar-refractivity contribution in [3.63, 3.8) is 0 Å². The standard InChI is InChI=1S/C14H13NO2S/c1-10(7-11-5-3-2-4-6-11)8-12-9-18-14(17)15-13(12)16/h2-8H,9H2,1H3,(H,15,16,17)/b10-7+,12-8+. The van der Waals surface area contributed by atoms with E-state index in [4.69, 9.17) is 0 Å². The van der Waals surface area contributed by atoms with Crippen LogP contribution in [-0.2, 0) is 4.79 Å². The molecule has 1 aliphatic heterocycles. The molecule has 1 heterocycles. The summed E-state index contributed by atoms with van der Waals surface area (Å²) in [5.74, 6) is 0.143. The van der Waals surface area contributed by atoms with Gasteiger partial charge < -0.3 is 0 Å². The van der Waals surface area contributed by atoms with Gasteiger partial charge >= 0.3 is 0 Å². The van der Waals surface area contributed by atoms with Crippen LogP contribution in [0.1, 0.15) is 12.5 Å². The van der Waals surface area contributed by atoms with Crippen LogP contribution < -0.4 is 5.32 Å². The van der Waals surface area contributed by atoms with E-state index in [0.29, 0.717) is 11.3 Å². The van der Waals surface area contributed by atoms with Gasteiger partial charge in [0.25, 0.3) is 11.1 Å². The zero-order valence-corrected chi connectivity index (χ0v) is 10.8. The average Bonchev–Trinajstić information content (AvgIpc) is 2.34. The Morgan fingerprint density at radius 1 is 1.28 bits per heavy atom. The molecule has 1 aromatic rings. The van der Waals surface area contributed by atoms with Crippen molar-refractivity contribution in [1.29, 1.82) is 0 Å². The predicted octanol–water partition coefficient (Wildman–Crippen LogP) is 3.00. The average molecular weight is 259 g/mol. The minimum atomic E-state index is -0.292. The van der Waals surface area contributed by atoms with Gasteiger partial charge in [0.05, 0.1) is 0 Å². The van der Waals surface area contributed by atoms with Gasteiger partial charge in [0.15, 0.2) is 0 Å². The Hall–Kier alpha value is -1.81. The van der Waals surface area contributed by atoms with Crippen LogP contribution in [0.25, 0.3) is 6.08 Å². The summed E-state index contributed by atoms with van der Waals surface area (Å²) in [6.07, 6.45) is 3.82. The van der Waals surface area contributed by atoms with E-state index in [9.17, 15) is 9.59 Å². The fourth-order valence-electron chi connectivity index (χ4n) is 1.65. The Morgan fingerprint density at radius 3 is 2.67 bits per heavy atom. The molecule has 1 aliphatic rings. The molecule has 0 spiro atoms. The largest absolute Gasteiger partial charge is 0.286 e. The minimum Gasteiger partial charge on any atom is -0.283 e. The highest BCUT2D eigenvalue weighted by atomic mass is 32.2. The first-order chi connectivity index (χ1) is 8.65. The molecule has 18 heavy (non-hydrogen) atoms. The van der Waals surface area contributed by atoms with E-state index in [1.165, 1.54) is 0 Å². The zero-order valence-electron chi connectivity index (χ0n) is 9.97. The number of carbonyl (C=O) groups excluding carboxylic acids is 2. The van der Waals surface area contributed by atoms with Crippen LogP contribution in [0, 0.1) is 0 Å². The topological polar surface area (TPSA) is 46.2 Å². The first kappa shape index (κ1) is 12.6. The molecule has 0 radical (unpaired) electrons. The Bertz CT molecular complexity index is 532. The summed E-state index contributed by atoms with van der Waals surface area (Å²) in [6.45, 7) is 1.94. The second-order valence-electron chi connectivity index (χ2n) is 4.00. The van der Waals surface area contributed by atoms with Gasteiger partial charge in [-0.25, -0.2) is 0 Å². The Labute approximate surface area is 110 Å². The lowest BCUT2D eigenvalue weighted by Gasteiger charge is -2.12. The third-order valence-corrected chi connectivity index (χ3v) is 3.28. The molecule has 2 amide bonds. The lowest BCUT2D eigenvalue weighted by molar-refractivity contribution is -0.116. The van der Waals surface area contributed by atoms with Gasteiger partial charge in [0.2, 0.25) is 0 Å². The maximum absolute atomic E-state index is 11.6. The second kappa shape index (κ2) is 5.69. The van der Waals surface area contributed by atoms with E-state index < -0.39 is 0 Å². The van der Waals surface area contributed by atoms with Gasteiger partial charge in [0, 0.05) is 11.3 Å². The number of hydrogen-bond donors (Lipinski definition) is 1. The van der Waals surface area contributed by atoms with Crippen molar-refractivity contribution < 1.29 is 9.59 Å². The van der Waals surface area contributed by atoms with Crippen molar-refractivity contribution in [2.45, 2.75) is 6.92 Å². The van der Waals surface area contributed by atoms with Crippen LogP contribution in [0.5, 0.6) is 0 Å². The van der Waals surface area contributed by atoms with Gasteiger partial charge in [-0.1, -0.05) is 53.7 Å². The first-order valence-corrected chi connectivity index (χ1v) is 6.56. The minimum absolute atomic E-state index is 0.276. The number of allylic oxidation sites excluding steroid dienone is 2. The summed E-state index contributed by atoms with van der Waals surface area (Å²) in [5.41, 5.74) is 2.71. The van der Waals surface area contributed by atoms with Crippen LogP contribution in [0.3, 0.4) is 0 Å². The smallest absolute Gasteiger partial charge is 0.283 e. The molecule has 0 aromatic heterocycles. The molecule has 0 aliphatic carbocycles. The monoisotopic (exact) mass is 259 g/mol. The van der Waals surface area contributed by atoms with E-state index >= 15 is 0 Å². The van der Waals surface area contributed by atoms with Crippen LogP contribution in [0.2, 0.25) is 0 Å². The Kier molecular flexibility index (Phi) is 3.99. The fraction of sp³-hybridized carbons (Fsp3) is 0.143. The molecular weight excluding hydrogens is 246 g/mol. The molecule has 0 saturated carbocycles. The molecule has 0 atom stereocenters. The number of hydrogen-bond acceptors (Lipinski definition) is 3. The normalized spacial score (nSPS) is 18.9. The first-order valence-electron chi connectivity index (χ1n) is 5.57. The van der Waals surface area contributed by atoms with Gasteiger partial charge in [0.1, 0.15) is 0 Å². The van der Waals surface area contributed by atoms with E-state index in [2.05, 4.69) is 5.32 Å². The molecule has 1 aromatic carbocycles. The van der Waals surface area contributed by atoms with E-state index in [1.54, 1.807) is 0 Å². The van der Waals surface area contributed by atoms with Crippen LogP contribution >= 0.6 is 11.8 Å². The van der Waals surface area contributed by atoms with Crippen LogP contribution in [-0.4, -0.2) is 16.9 Å². The molecule has 0 bridgehead atoms. The molecule has 2 rings (SSSR count). The van der Waals surface area contributed by atoms with E-state index in [1.807, 2.05) is 49.4 Å². The summed E-state index contributed by atoms with van der Waals surface area (Å²) >= 11 is 1.11. The SMILES string of the molecule is CC(/C=C1\CSC(=O)NC1=O)=C\c1ccccc1. The van der Waals surface area contributed by atoms with Crippen molar-refractivity contribution in [2.75, 3.05) is 5.75 Å². The molecule has 0 unspecified atom stereocenters. The highest BCUT2D eigenvalue weighted by Gasteiger charge is 2.20. The van der Waals surface area contributed by atoms with Gasteiger partial charge in [-0.3, -0.25) is 14.9 Å². The quantitative estimate of drug-likeness (QED) is 0.830. The molecule has 92 valence electrons. The van der Waals surface area contributed by atoms with Crippen molar-refractivity contribution in [3.05, 3.63) is 53.1 Å². The fourth-order valence-corrected chi connectivity index (χ4v) is 2.32. The second-order valence-corrected chi connectivity index (χ2v) is 4.95. The number of imide groups is 1. The summed E-state index contributed by atoms with van der Waals surface area (Å²) in [4.78, 5) is 22.5. The van der Waals surface area contributed by atoms with Crippen LogP contribution in [0.15, 0.2) is 47.6 Å². The summed E-state index contributed by atoms with van der Waals surface area (Å²) < 4.78 is 0. The van der Waals surface area contributed by atoms with Crippen molar-refractivity contribution in [1.82, 2.24) is 5.32 Å². The molecule has 1 fully saturated rings. The van der Waals surface area contributed by atoms with Gasteiger partial charge in [-0.2, -0.15) is 0 Å². The third-order valence-electron chi connectivity index (χ3n) is 2.46. The molecule has 3 nitrogen and oxygen atoms in total. The van der Waals surface area contributed by atoms with Gasteiger partial charge in [-0.15, -0.1) is 0 Å². The maximum atomic E-state index is 11.6. The summed E-state index contributed by atoms with van der Waals surface area (Å²) in [6, 6.07) is 9.90. The number of rotatable bonds is 2. The maximum Gasteiger partial charge on any atom is 0.286 e.